The molecule has 0 saturated heterocycles. The minimum Gasteiger partial charge on any atom is -0.480 e. The Hall–Kier alpha value is -2.16. The van der Waals surface area contributed by atoms with Crippen LogP contribution in [0.3, 0.4) is 0 Å². The summed E-state index contributed by atoms with van der Waals surface area (Å²) in [6.45, 7) is 0.313. The molecule has 0 fully saturated rings. The van der Waals surface area contributed by atoms with Crippen LogP contribution in [0, 0.1) is 0 Å². The number of amides is 2. The van der Waals surface area contributed by atoms with Crippen molar-refractivity contribution in [1.82, 2.24) is 25.6 Å². The highest BCUT2D eigenvalue weighted by atomic mass is 16.4. The fourth-order valence-corrected chi connectivity index (χ4v) is 1.19. The first-order valence-corrected chi connectivity index (χ1v) is 5.35. The van der Waals surface area contributed by atoms with E-state index in [1.54, 1.807) is 17.1 Å². The number of hydrogen-bond acceptors (Lipinski definition) is 5. The van der Waals surface area contributed by atoms with Gasteiger partial charge in [-0.25, -0.2) is 9.59 Å². The Balaban J connectivity index is 2.15. The second-order valence-electron chi connectivity index (χ2n) is 3.49. The van der Waals surface area contributed by atoms with E-state index in [0.717, 1.165) is 0 Å². The number of nitrogens with zero attached hydrogens (tertiary/aromatic N) is 3. The third-order valence-corrected chi connectivity index (χ3v) is 2.11. The molecule has 100 valence electrons. The number of nitrogens with one attached hydrogen (secondary N) is 2. The summed E-state index contributed by atoms with van der Waals surface area (Å²) >= 11 is 0. The molecule has 0 bridgehead atoms. The van der Waals surface area contributed by atoms with Crippen LogP contribution in [0.2, 0.25) is 0 Å². The van der Waals surface area contributed by atoms with Gasteiger partial charge in [0.05, 0.1) is 12.8 Å². The van der Waals surface area contributed by atoms with E-state index in [4.69, 9.17) is 10.2 Å². The minimum absolute atomic E-state index is 0.365. The van der Waals surface area contributed by atoms with E-state index in [0.29, 0.717) is 19.5 Å². The summed E-state index contributed by atoms with van der Waals surface area (Å²) in [5.41, 5.74) is 0. The molecule has 9 heteroatoms. The number of carbonyl (C=O) groups excluding carboxylic acids is 1. The molecule has 1 unspecified atom stereocenters. The predicted octanol–water partition coefficient (Wildman–Crippen LogP) is -1.59. The zero-order chi connectivity index (χ0) is 13.4. The maximum Gasteiger partial charge on any atom is 0.328 e. The van der Waals surface area contributed by atoms with E-state index < -0.39 is 24.6 Å². The number of aliphatic carboxylic acids is 1. The number of aliphatic hydroxyl groups is 1. The van der Waals surface area contributed by atoms with Crippen molar-refractivity contribution in [3.05, 3.63) is 12.4 Å². The number of carbonyl (C=O) groups is 2. The topological polar surface area (TPSA) is 129 Å². The number of aryl methyl sites for hydroxylation is 1. The summed E-state index contributed by atoms with van der Waals surface area (Å²) in [5, 5.41) is 29.3. The SMILES string of the molecule is O=C(NCCCn1ccnn1)NC(CO)C(=O)O. The summed E-state index contributed by atoms with van der Waals surface area (Å²) in [4.78, 5) is 21.8. The maximum absolute atomic E-state index is 11.2. The van der Waals surface area contributed by atoms with Crippen LogP contribution in [0.1, 0.15) is 6.42 Å². The average Bonchev–Trinajstić information content (AvgIpc) is 2.84. The highest BCUT2D eigenvalue weighted by molar-refractivity contribution is 5.82. The molecule has 0 radical (unpaired) electrons. The maximum atomic E-state index is 11.2. The van der Waals surface area contributed by atoms with Crippen LogP contribution in [0.15, 0.2) is 12.4 Å². The normalized spacial score (nSPS) is 11.8. The van der Waals surface area contributed by atoms with Gasteiger partial charge in [0.1, 0.15) is 0 Å². The van der Waals surface area contributed by atoms with E-state index >= 15 is 0 Å². The molecular formula is C9H15N5O4. The summed E-state index contributed by atoms with van der Waals surface area (Å²) in [5.74, 6) is -1.28. The molecule has 0 aliphatic carbocycles. The van der Waals surface area contributed by atoms with Gasteiger partial charge in [-0.2, -0.15) is 0 Å². The first-order chi connectivity index (χ1) is 8.63. The fraction of sp³-hybridized carbons (Fsp3) is 0.556. The van der Waals surface area contributed by atoms with Crippen molar-refractivity contribution in [2.24, 2.45) is 0 Å². The van der Waals surface area contributed by atoms with E-state index in [9.17, 15) is 9.59 Å². The lowest BCUT2D eigenvalue weighted by atomic mass is 10.3. The zero-order valence-electron chi connectivity index (χ0n) is 9.61. The van der Waals surface area contributed by atoms with E-state index in [2.05, 4.69) is 20.9 Å². The van der Waals surface area contributed by atoms with Crippen LogP contribution in [-0.4, -0.2) is 56.4 Å². The van der Waals surface area contributed by atoms with E-state index in [1.165, 1.54) is 0 Å². The molecule has 0 aliphatic rings. The zero-order valence-corrected chi connectivity index (χ0v) is 9.61. The molecule has 1 heterocycles. The molecular weight excluding hydrogens is 242 g/mol. The molecule has 0 spiro atoms. The summed E-state index contributed by atoms with van der Waals surface area (Å²) in [7, 11) is 0. The molecule has 1 rings (SSSR count). The van der Waals surface area contributed by atoms with Crippen LogP contribution in [-0.2, 0) is 11.3 Å². The Labute approximate surface area is 103 Å². The molecule has 2 amide bonds. The molecule has 0 aromatic carbocycles. The van der Waals surface area contributed by atoms with Gasteiger partial charge in [-0.05, 0) is 6.42 Å². The number of aromatic nitrogens is 3. The van der Waals surface area contributed by atoms with Gasteiger partial charge in [0.15, 0.2) is 6.04 Å². The van der Waals surface area contributed by atoms with E-state index in [-0.39, 0.29) is 0 Å². The Morgan fingerprint density at radius 3 is 2.78 bits per heavy atom. The first-order valence-electron chi connectivity index (χ1n) is 5.35. The second kappa shape index (κ2) is 7.22. The van der Waals surface area contributed by atoms with Gasteiger partial charge in [-0.3, -0.25) is 4.68 Å². The number of carboxylic acid groups (broad SMARTS) is 1. The molecule has 18 heavy (non-hydrogen) atoms. The predicted molar refractivity (Wildman–Crippen MR) is 59.7 cm³/mol. The molecule has 1 atom stereocenters. The lowest BCUT2D eigenvalue weighted by Crippen LogP contribution is -2.48. The Bertz CT molecular complexity index is 380. The Morgan fingerprint density at radius 2 is 2.22 bits per heavy atom. The Morgan fingerprint density at radius 1 is 1.44 bits per heavy atom. The number of aliphatic hydroxyl groups excluding tert-OH is 1. The standard InChI is InChI=1S/C9H15N5O4/c15-6-7(8(16)17)12-9(18)10-2-1-4-14-5-3-11-13-14/h3,5,7,15H,1-2,4,6H2,(H,16,17)(H2,10,12,18). The number of hydrogen-bond donors (Lipinski definition) is 4. The van der Waals surface area contributed by atoms with Gasteiger partial charge in [-0.15, -0.1) is 5.10 Å². The lowest BCUT2D eigenvalue weighted by Gasteiger charge is -2.12. The van der Waals surface area contributed by atoms with Gasteiger partial charge in [0.2, 0.25) is 0 Å². The van der Waals surface area contributed by atoms with Crippen molar-refractivity contribution in [2.45, 2.75) is 19.0 Å². The van der Waals surface area contributed by atoms with Gasteiger partial charge >= 0.3 is 12.0 Å². The van der Waals surface area contributed by atoms with E-state index in [1.807, 2.05) is 0 Å². The van der Waals surface area contributed by atoms with Crippen LogP contribution in [0.4, 0.5) is 4.79 Å². The summed E-state index contributed by atoms with van der Waals surface area (Å²) in [6, 6.07) is -1.92. The van der Waals surface area contributed by atoms with Crippen molar-refractivity contribution in [1.29, 1.82) is 0 Å². The lowest BCUT2D eigenvalue weighted by molar-refractivity contribution is -0.140. The number of rotatable bonds is 7. The number of urea groups is 1. The van der Waals surface area contributed by atoms with Gasteiger partial charge < -0.3 is 20.8 Å². The first kappa shape index (κ1) is 13.9. The summed E-state index contributed by atoms with van der Waals surface area (Å²) in [6.07, 6.45) is 3.89. The van der Waals surface area contributed by atoms with Crippen molar-refractivity contribution in [3.63, 3.8) is 0 Å². The molecule has 4 N–H and O–H groups in total. The third kappa shape index (κ3) is 4.78. The van der Waals surface area contributed by atoms with Crippen LogP contribution in [0.25, 0.3) is 0 Å². The largest absolute Gasteiger partial charge is 0.480 e. The minimum atomic E-state index is -1.29. The van der Waals surface area contributed by atoms with Crippen LogP contribution in [0.5, 0.6) is 0 Å². The van der Waals surface area contributed by atoms with Crippen molar-refractivity contribution in [3.8, 4) is 0 Å². The fourth-order valence-electron chi connectivity index (χ4n) is 1.19. The molecule has 0 aliphatic heterocycles. The average molecular weight is 257 g/mol. The highest BCUT2D eigenvalue weighted by Crippen LogP contribution is 1.86. The van der Waals surface area contributed by atoms with Gasteiger partial charge in [0, 0.05) is 19.3 Å². The monoisotopic (exact) mass is 257 g/mol. The number of carboxylic acids is 1. The van der Waals surface area contributed by atoms with Crippen molar-refractivity contribution in [2.75, 3.05) is 13.2 Å². The molecule has 9 nitrogen and oxygen atoms in total. The highest BCUT2D eigenvalue weighted by Gasteiger charge is 2.17. The third-order valence-electron chi connectivity index (χ3n) is 2.11. The van der Waals surface area contributed by atoms with Crippen LogP contribution >= 0.6 is 0 Å². The summed E-state index contributed by atoms with van der Waals surface area (Å²) < 4.78 is 1.62. The van der Waals surface area contributed by atoms with Crippen molar-refractivity contribution >= 4 is 12.0 Å². The van der Waals surface area contributed by atoms with Crippen LogP contribution < -0.4 is 10.6 Å². The van der Waals surface area contributed by atoms with Gasteiger partial charge in [-0.1, -0.05) is 5.21 Å². The molecule has 1 aromatic heterocycles. The smallest absolute Gasteiger partial charge is 0.328 e. The Kier molecular flexibility index (Phi) is 5.58. The molecule has 0 saturated carbocycles. The second-order valence-corrected chi connectivity index (χ2v) is 3.49. The molecule has 1 aromatic rings. The van der Waals surface area contributed by atoms with Gasteiger partial charge in [0.25, 0.3) is 0 Å². The van der Waals surface area contributed by atoms with Crippen molar-refractivity contribution < 1.29 is 19.8 Å². The quantitative estimate of drug-likeness (QED) is 0.436.